The fraction of sp³-hybridized carbons (Fsp3) is 0.333. The average Bonchev–Trinajstić information content (AvgIpc) is 3.68. The van der Waals surface area contributed by atoms with Gasteiger partial charge >= 0.3 is 0 Å². The molecule has 1 fully saturated rings. The minimum atomic E-state index is -1.19. The first-order chi connectivity index (χ1) is 17.8. The van der Waals surface area contributed by atoms with Crippen LogP contribution < -0.4 is 16.0 Å². The van der Waals surface area contributed by atoms with E-state index in [-0.39, 0.29) is 29.0 Å². The molecule has 200 valence electrons. The van der Waals surface area contributed by atoms with Crippen LogP contribution >= 0.6 is 11.6 Å². The second kappa shape index (κ2) is 10.6. The summed E-state index contributed by atoms with van der Waals surface area (Å²) in [5.74, 6) is -1.04. The van der Waals surface area contributed by atoms with E-state index in [1.807, 2.05) is 0 Å². The summed E-state index contributed by atoms with van der Waals surface area (Å²) in [6.45, 7) is 6.37. The van der Waals surface area contributed by atoms with Crippen molar-refractivity contribution in [1.29, 1.82) is 0 Å². The van der Waals surface area contributed by atoms with Gasteiger partial charge in [-0.05, 0) is 52.2 Å². The summed E-state index contributed by atoms with van der Waals surface area (Å²) >= 11 is 6.36. The van der Waals surface area contributed by atoms with Crippen molar-refractivity contribution in [2.45, 2.75) is 52.7 Å². The molecule has 0 amide bonds. The number of pyridine rings is 3. The molecule has 4 rings (SSSR count). The molecule has 0 atom stereocenters. The first-order valence-corrected chi connectivity index (χ1v) is 12.3. The number of nitrogens with zero attached hydrogens (tertiary/aromatic N) is 4. The van der Waals surface area contributed by atoms with Gasteiger partial charge in [0.1, 0.15) is 28.9 Å². The normalized spacial score (nSPS) is 14.6. The van der Waals surface area contributed by atoms with E-state index in [1.54, 1.807) is 52.1 Å². The lowest BCUT2D eigenvalue weighted by atomic mass is 10.0. The quantitative estimate of drug-likeness (QED) is 0.392. The maximum Gasteiger partial charge on any atom is 0.277 e. The number of hydrogen-bond acceptors (Lipinski definition) is 7. The predicted molar refractivity (Wildman–Crippen MR) is 141 cm³/mol. The number of nitrogens with two attached hydrogens (primary N) is 1. The SMILES string of the molecule is Cc1cnc(N=C(/C=C(\N)C(C)(C)O)C2CC2)cc1-n1c(C)cc(OCc2ncc(F)cc2F)c(Cl)c1=O. The number of hydrogen-bond donors (Lipinski definition) is 2. The van der Waals surface area contributed by atoms with Gasteiger partial charge in [-0.15, -0.1) is 0 Å². The minimum absolute atomic E-state index is 0.0455. The number of rotatable bonds is 8. The molecule has 1 aliphatic rings. The Morgan fingerprint density at radius 3 is 2.61 bits per heavy atom. The molecule has 0 aromatic carbocycles. The van der Waals surface area contributed by atoms with E-state index >= 15 is 0 Å². The third-order valence-electron chi connectivity index (χ3n) is 6.10. The largest absolute Gasteiger partial charge is 0.485 e. The highest BCUT2D eigenvalue weighted by Crippen LogP contribution is 2.34. The van der Waals surface area contributed by atoms with E-state index in [2.05, 4.69) is 15.0 Å². The van der Waals surface area contributed by atoms with E-state index in [0.717, 1.165) is 19.0 Å². The summed E-state index contributed by atoms with van der Waals surface area (Å²) in [6, 6.07) is 3.93. The van der Waals surface area contributed by atoms with Gasteiger partial charge in [-0.25, -0.2) is 18.8 Å². The molecule has 0 aliphatic heterocycles. The van der Waals surface area contributed by atoms with Crippen LogP contribution in [-0.2, 0) is 6.61 Å². The van der Waals surface area contributed by atoms with Crippen molar-refractivity contribution >= 4 is 23.1 Å². The third kappa shape index (κ3) is 6.08. The van der Waals surface area contributed by atoms with E-state index in [0.29, 0.717) is 40.2 Å². The zero-order valence-electron chi connectivity index (χ0n) is 21.4. The molecule has 0 bridgehead atoms. The molecule has 3 N–H and O–H groups in total. The smallest absolute Gasteiger partial charge is 0.277 e. The molecule has 3 aromatic heterocycles. The van der Waals surface area contributed by atoms with Crippen LogP contribution in [0.3, 0.4) is 0 Å². The minimum Gasteiger partial charge on any atom is -0.485 e. The maximum atomic E-state index is 13.9. The molecule has 0 saturated heterocycles. The van der Waals surface area contributed by atoms with Crippen molar-refractivity contribution in [3.63, 3.8) is 0 Å². The van der Waals surface area contributed by atoms with Crippen molar-refractivity contribution in [2.24, 2.45) is 16.6 Å². The van der Waals surface area contributed by atoms with Crippen molar-refractivity contribution in [3.8, 4) is 11.4 Å². The first kappa shape index (κ1) is 27.4. The number of aromatic nitrogens is 3. The number of halogens is 3. The average molecular weight is 544 g/mol. The van der Waals surface area contributed by atoms with Gasteiger partial charge in [0, 0.05) is 47.4 Å². The van der Waals surface area contributed by atoms with Gasteiger partial charge in [-0.1, -0.05) is 11.6 Å². The highest BCUT2D eigenvalue weighted by Gasteiger charge is 2.28. The summed E-state index contributed by atoms with van der Waals surface area (Å²) in [7, 11) is 0. The number of aryl methyl sites for hydroxylation is 2. The molecule has 3 heterocycles. The molecule has 1 aliphatic carbocycles. The third-order valence-corrected chi connectivity index (χ3v) is 6.45. The summed E-state index contributed by atoms with van der Waals surface area (Å²) in [5, 5.41) is 10.00. The predicted octanol–water partition coefficient (Wildman–Crippen LogP) is 4.85. The van der Waals surface area contributed by atoms with Crippen molar-refractivity contribution in [1.82, 2.24) is 14.5 Å². The second-order valence-electron chi connectivity index (χ2n) is 9.77. The Hall–Kier alpha value is -3.63. The zero-order chi connectivity index (χ0) is 27.8. The molecule has 38 heavy (non-hydrogen) atoms. The summed E-state index contributed by atoms with van der Waals surface area (Å²) in [4.78, 5) is 26.0. The molecule has 0 spiro atoms. The van der Waals surface area contributed by atoms with E-state index in [1.165, 1.54) is 4.57 Å². The van der Waals surface area contributed by atoms with Gasteiger partial charge in [-0.2, -0.15) is 0 Å². The summed E-state index contributed by atoms with van der Waals surface area (Å²) in [6.07, 6.45) is 6.08. The van der Waals surface area contributed by atoms with Crippen LogP contribution in [-0.4, -0.2) is 31.0 Å². The monoisotopic (exact) mass is 543 g/mol. The molecule has 11 heteroatoms. The second-order valence-corrected chi connectivity index (χ2v) is 10.2. The fourth-order valence-electron chi connectivity index (χ4n) is 3.67. The first-order valence-electron chi connectivity index (χ1n) is 12.0. The molecular weight excluding hydrogens is 516 g/mol. The Morgan fingerprint density at radius 2 is 1.97 bits per heavy atom. The number of aliphatic hydroxyl groups is 1. The molecule has 8 nitrogen and oxygen atoms in total. The maximum absolute atomic E-state index is 13.9. The Balaban J connectivity index is 1.69. The van der Waals surface area contributed by atoms with Crippen LogP contribution in [0.5, 0.6) is 5.75 Å². The Bertz CT molecular complexity index is 1510. The van der Waals surface area contributed by atoms with Crippen LogP contribution in [0.25, 0.3) is 5.69 Å². The van der Waals surface area contributed by atoms with Gasteiger partial charge in [-0.3, -0.25) is 14.3 Å². The Kier molecular flexibility index (Phi) is 7.66. The summed E-state index contributed by atoms with van der Waals surface area (Å²) in [5.41, 5.74) is 6.93. The van der Waals surface area contributed by atoms with Crippen LogP contribution in [0.2, 0.25) is 5.02 Å². The van der Waals surface area contributed by atoms with Gasteiger partial charge in [0.2, 0.25) is 0 Å². The lowest BCUT2D eigenvalue weighted by molar-refractivity contribution is 0.118. The molecule has 0 radical (unpaired) electrons. The van der Waals surface area contributed by atoms with Gasteiger partial charge in [0.05, 0.1) is 17.5 Å². The van der Waals surface area contributed by atoms with Crippen molar-refractivity contribution in [2.75, 3.05) is 0 Å². The number of allylic oxidation sites excluding steroid dienone is 1. The lowest BCUT2D eigenvalue weighted by Gasteiger charge is -2.18. The highest BCUT2D eigenvalue weighted by atomic mass is 35.5. The fourth-order valence-corrected chi connectivity index (χ4v) is 3.87. The van der Waals surface area contributed by atoms with Crippen LogP contribution in [0.1, 0.15) is 43.6 Å². The summed E-state index contributed by atoms with van der Waals surface area (Å²) < 4.78 is 34.0. The van der Waals surface area contributed by atoms with Gasteiger partial charge in [0.15, 0.2) is 11.6 Å². The van der Waals surface area contributed by atoms with Gasteiger partial charge in [0.25, 0.3) is 5.56 Å². The molecular formula is C27H28ClF2N5O3. The number of aliphatic imine (C=N–C) groups is 1. The van der Waals surface area contributed by atoms with E-state index in [9.17, 15) is 18.7 Å². The Labute approximate surface area is 223 Å². The van der Waals surface area contributed by atoms with Crippen LogP contribution in [0.4, 0.5) is 14.6 Å². The molecule has 3 aromatic rings. The van der Waals surface area contributed by atoms with E-state index in [4.69, 9.17) is 22.1 Å². The topological polar surface area (TPSA) is 116 Å². The van der Waals surface area contributed by atoms with Crippen LogP contribution in [0, 0.1) is 31.4 Å². The van der Waals surface area contributed by atoms with Gasteiger partial charge < -0.3 is 15.6 Å². The van der Waals surface area contributed by atoms with Crippen molar-refractivity contribution in [3.05, 3.63) is 86.3 Å². The highest BCUT2D eigenvalue weighted by molar-refractivity contribution is 6.31. The standard InChI is InChI=1S/C27H28ClF2N5O3/c1-14-11-33-24(34-19(16-5-6-16)9-23(31)27(3,4)37)10-21(14)35-15(2)7-22(25(28)26(35)36)38-13-20-18(30)8-17(29)12-32-20/h7-12,16,37H,5-6,13,31H2,1-4H3/b23-9-,34-19?. The zero-order valence-corrected chi connectivity index (χ0v) is 22.2. The number of ether oxygens (including phenoxy) is 1. The van der Waals surface area contributed by atoms with Crippen LogP contribution in [0.15, 0.2) is 52.2 Å². The molecule has 0 unspecified atom stereocenters. The van der Waals surface area contributed by atoms with Crippen molar-refractivity contribution < 1.29 is 18.6 Å². The lowest BCUT2D eigenvalue weighted by Crippen LogP contribution is -2.28. The Morgan fingerprint density at radius 1 is 1.26 bits per heavy atom. The molecule has 1 saturated carbocycles. The van der Waals surface area contributed by atoms with E-state index < -0.39 is 22.8 Å².